The standard InChI is InChI=1S/C11H16BrNO/c1-8-6-11(14)10(12)7-9(8)4-2-3-5-13/h6-7,14H,2-5,13H2,1H3. The smallest absolute Gasteiger partial charge is 0.130 e. The number of hydrogen-bond donors (Lipinski definition) is 2. The van der Waals surface area contributed by atoms with E-state index in [1.807, 2.05) is 13.0 Å². The van der Waals surface area contributed by atoms with E-state index >= 15 is 0 Å². The molecule has 2 nitrogen and oxygen atoms in total. The van der Waals surface area contributed by atoms with Crippen molar-refractivity contribution in [2.45, 2.75) is 26.2 Å². The van der Waals surface area contributed by atoms with Crippen molar-refractivity contribution >= 4 is 15.9 Å². The van der Waals surface area contributed by atoms with Crippen LogP contribution >= 0.6 is 15.9 Å². The molecule has 1 rings (SSSR count). The predicted octanol–water partition coefficient (Wildman–Crippen LogP) is 2.74. The van der Waals surface area contributed by atoms with Crippen molar-refractivity contribution in [3.8, 4) is 5.75 Å². The minimum Gasteiger partial charge on any atom is -0.507 e. The highest BCUT2D eigenvalue weighted by atomic mass is 79.9. The van der Waals surface area contributed by atoms with E-state index in [4.69, 9.17) is 5.73 Å². The number of aromatic hydroxyl groups is 1. The number of phenolic OH excluding ortho intramolecular Hbond substituents is 1. The molecule has 0 aliphatic carbocycles. The van der Waals surface area contributed by atoms with Crippen LogP contribution in [0.1, 0.15) is 24.0 Å². The van der Waals surface area contributed by atoms with Crippen LogP contribution in [0.2, 0.25) is 0 Å². The summed E-state index contributed by atoms with van der Waals surface area (Å²) in [5.41, 5.74) is 7.86. The Morgan fingerprint density at radius 1 is 1.36 bits per heavy atom. The van der Waals surface area contributed by atoms with Crippen LogP contribution < -0.4 is 5.73 Å². The zero-order chi connectivity index (χ0) is 10.6. The van der Waals surface area contributed by atoms with Crippen molar-refractivity contribution < 1.29 is 5.11 Å². The molecule has 0 saturated heterocycles. The SMILES string of the molecule is Cc1cc(O)c(Br)cc1CCCCN. The fourth-order valence-electron chi connectivity index (χ4n) is 1.44. The molecule has 0 aromatic heterocycles. The molecule has 0 unspecified atom stereocenters. The van der Waals surface area contributed by atoms with Gasteiger partial charge in [0, 0.05) is 0 Å². The second-order valence-corrected chi connectivity index (χ2v) is 4.33. The van der Waals surface area contributed by atoms with Gasteiger partial charge in [0.05, 0.1) is 4.47 Å². The normalized spacial score (nSPS) is 10.5. The van der Waals surface area contributed by atoms with Gasteiger partial charge in [-0.15, -0.1) is 0 Å². The van der Waals surface area contributed by atoms with Crippen molar-refractivity contribution in [2.75, 3.05) is 6.54 Å². The number of hydrogen-bond acceptors (Lipinski definition) is 2. The van der Waals surface area contributed by atoms with Crippen LogP contribution in [0.25, 0.3) is 0 Å². The largest absolute Gasteiger partial charge is 0.507 e. The van der Waals surface area contributed by atoms with Gasteiger partial charge in [-0.3, -0.25) is 0 Å². The third kappa shape index (κ3) is 3.00. The zero-order valence-corrected chi connectivity index (χ0v) is 9.97. The van der Waals surface area contributed by atoms with Gasteiger partial charge >= 0.3 is 0 Å². The van der Waals surface area contributed by atoms with Crippen LogP contribution in [-0.4, -0.2) is 11.7 Å². The maximum absolute atomic E-state index is 9.43. The Labute approximate surface area is 93.3 Å². The maximum Gasteiger partial charge on any atom is 0.130 e. The van der Waals surface area contributed by atoms with Crippen LogP contribution in [0, 0.1) is 6.92 Å². The monoisotopic (exact) mass is 257 g/mol. The minimum absolute atomic E-state index is 0.310. The highest BCUT2D eigenvalue weighted by Crippen LogP contribution is 2.27. The van der Waals surface area contributed by atoms with Gasteiger partial charge in [-0.1, -0.05) is 0 Å². The Kier molecular flexibility index (Phi) is 4.42. The Morgan fingerprint density at radius 3 is 2.71 bits per heavy atom. The van der Waals surface area contributed by atoms with Crippen LogP contribution in [0.5, 0.6) is 5.75 Å². The molecule has 0 aliphatic heterocycles. The number of unbranched alkanes of at least 4 members (excludes halogenated alkanes) is 1. The summed E-state index contributed by atoms with van der Waals surface area (Å²) in [5.74, 6) is 0.310. The summed E-state index contributed by atoms with van der Waals surface area (Å²) in [6.07, 6.45) is 3.19. The number of benzene rings is 1. The summed E-state index contributed by atoms with van der Waals surface area (Å²) in [4.78, 5) is 0. The predicted molar refractivity (Wildman–Crippen MR) is 62.5 cm³/mol. The fraction of sp³-hybridized carbons (Fsp3) is 0.455. The first kappa shape index (κ1) is 11.5. The number of halogens is 1. The molecule has 3 N–H and O–H groups in total. The zero-order valence-electron chi connectivity index (χ0n) is 8.39. The van der Waals surface area contributed by atoms with E-state index in [1.165, 1.54) is 5.56 Å². The van der Waals surface area contributed by atoms with Crippen molar-refractivity contribution in [1.29, 1.82) is 0 Å². The van der Waals surface area contributed by atoms with Gasteiger partial charge in [0.1, 0.15) is 5.75 Å². The lowest BCUT2D eigenvalue weighted by Gasteiger charge is -2.07. The summed E-state index contributed by atoms with van der Waals surface area (Å²) in [6.45, 7) is 2.77. The van der Waals surface area contributed by atoms with E-state index in [9.17, 15) is 5.11 Å². The second-order valence-electron chi connectivity index (χ2n) is 3.48. The Hall–Kier alpha value is -0.540. The van der Waals surface area contributed by atoms with E-state index in [-0.39, 0.29) is 0 Å². The maximum atomic E-state index is 9.43. The van der Waals surface area contributed by atoms with Crippen molar-refractivity contribution in [3.63, 3.8) is 0 Å². The Bertz CT molecular complexity index is 312. The Morgan fingerprint density at radius 2 is 2.07 bits per heavy atom. The average Bonchev–Trinajstić information content (AvgIpc) is 2.14. The quantitative estimate of drug-likeness (QED) is 0.816. The average molecular weight is 258 g/mol. The first-order chi connectivity index (χ1) is 6.65. The van der Waals surface area contributed by atoms with Crippen LogP contribution in [0.3, 0.4) is 0 Å². The molecule has 14 heavy (non-hydrogen) atoms. The lowest BCUT2D eigenvalue weighted by Crippen LogP contribution is -1.99. The van der Waals surface area contributed by atoms with Gasteiger partial charge in [-0.2, -0.15) is 0 Å². The molecular weight excluding hydrogens is 242 g/mol. The van der Waals surface area contributed by atoms with Gasteiger partial charge in [-0.25, -0.2) is 0 Å². The summed E-state index contributed by atoms with van der Waals surface area (Å²) in [7, 11) is 0. The highest BCUT2D eigenvalue weighted by molar-refractivity contribution is 9.10. The molecule has 0 radical (unpaired) electrons. The summed E-state index contributed by atoms with van der Waals surface area (Å²) in [5, 5.41) is 9.43. The first-order valence-electron chi connectivity index (χ1n) is 4.83. The third-order valence-corrected chi connectivity index (χ3v) is 2.94. The molecule has 0 heterocycles. The number of rotatable bonds is 4. The molecule has 1 aromatic carbocycles. The van der Waals surface area contributed by atoms with Gasteiger partial charge in [0.2, 0.25) is 0 Å². The molecule has 0 saturated carbocycles. The fourth-order valence-corrected chi connectivity index (χ4v) is 1.83. The summed E-state index contributed by atoms with van der Waals surface area (Å²) in [6, 6.07) is 3.78. The minimum atomic E-state index is 0.310. The molecular formula is C11H16BrNO. The van der Waals surface area contributed by atoms with E-state index in [0.29, 0.717) is 5.75 Å². The van der Waals surface area contributed by atoms with E-state index in [1.54, 1.807) is 6.07 Å². The molecule has 0 bridgehead atoms. The van der Waals surface area contributed by atoms with Gasteiger partial charge in [0.25, 0.3) is 0 Å². The van der Waals surface area contributed by atoms with Crippen LogP contribution in [0.4, 0.5) is 0 Å². The molecule has 1 aromatic rings. The van der Waals surface area contributed by atoms with Gasteiger partial charge < -0.3 is 10.8 Å². The molecule has 78 valence electrons. The van der Waals surface area contributed by atoms with E-state index in [2.05, 4.69) is 15.9 Å². The highest BCUT2D eigenvalue weighted by Gasteiger charge is 2.03. The Balaban J connectivity index is 2.72. The van der Waals surface area contributed by atoms with Crippen molar-refractivity contribution in [2.24, 2.45) is 5.73 Å². The number of phenols is 1. The lowest BCUT2D eigenvalue weighted by atomic mass is 10.0. The molecule has 0 atom stereocenters. The van der Waals surface area contributed by atoms with Crippen molar-refractivity contribution in [3.05, 3.63) is 27.7 Å². The van der Waals surface area contributed by atoms with Crippen LogP contribution in [-0.2, 0) is 6.42 Å². The van der Waals surface area contributed by atoms with E-state index in [0.717, 1.165) is 35.8 Å². The van der Waals surface area contributed by atoms with Gasteiger partial charge in [0.15, 0.2) is 0 Å². The molecule has 0 spiro atoms. The lowest BCUT2D eigenvalue weighted by molar-refractivity contribution is 0.471. The van der Waals surface area contributed by atoms with Gasteiger partial charge in [-0.05, 0) is 71.9 Å². The van der Waals surface area contributed by atoms with Crippen LogP contribution in [0.15, 0.2) is 16.6 Å². The molecule has 0 aliphatic rings. The van der Waals surface area contributed by atoms with Crippen molar-refractivity contribution in [1.82, 2.24) is 0 Å². The second kappa shape index (κ2) is 5.37. The number of aryl methyl sites for hydroxylation is 2. The topological polar surface area (TPSA) is 46.2 Å². The summed E-state index contributed by atoms with van der Waals surface area (Å²) < 4.78 is 0.769. The molecule has 3 heteroatoms. The number of nitrogens with two attached hydrogens (primary N) is 1. The molecule has 0 fully saturated rings. The molecule has 0 amide bonds. The first-order valence-corrected chi connectivity index (χ1v) is 5.62. The third-order valence-electron chi connectivity index (χ3n) is 2.31. The van der Waals surface area contributed by atoms with E-state index < -0.39 is 0 Å². The summed E-state index contributed by atoms with van der Waals surface area (Å²) >= 11 is 3.31.